The third kappa shape index (κ3) is 6.88. The van der Waals surface area contributed by atoms with Crippen LogP contribution in [0, 0.1) is 0 Å². The average Bonchev–Trinajstić information content (AvgIpc) is 2.66. The van der Waals surface area contributed by atoms with Gasteiger partial charge < -0.3 is 9.05 Å². The summed E-state index contributed by atoms with van der Waals surface area (Å²) in [6, 6.07) is 19.0. The minimum atomic E-state index is -3.29. The summed E-state index contributed by atoms with van der Waals surface area (Å²) in [6.07, 6.45) is 0.00828. The van der Waals surface area contributed by atoms with Crippen molar-refractivity contribution in [2.24, 2.45) is 5.10 Å². The quantitative estimate of drug-likeness (QED) is 0.248. The summed E-state index contributed by atoms with van der Waals surface area (Å²) >= 11 is 0. The van der Waals surface area contributed by atoms with Crippen LogP contribution in [0.1, 0.15) is 13.8 Å². The largest absolute Gasteiger partial charge is 0.338 e. The maximum atomic E-state index is 12.8. The monoisotopic (exact) mass is 376 g/mol. The summed E-state index contributed by atoms with van der Waals surface area (Å²) in [4.78, 5) is 0. The zero-order valence-electron chi connectivity index (χ0n) is 15.0. The predicted octanol–water partition coefficient (Wildman–Crippen LogP) is 4.29. The van der Waals surface area contributed by atoms with Crippen LogP contribution in [0.3, 0.4) is 0 Å². The molecule has 0 saturated carbocycles. The van der Waals surface area contributed by atoms with E-state index in [1.165, 1.54) is 0 Å². The Labute approximate surface area is 154 Å². The van der Waals surface area contributed by atoms with E-state index in [4.69, 9.17) is 9.05 Å². The van der Waals surface area contributed by atoms with Gasteiger partial charge in [0.05, 0.1) is 24.6 Å². The number of para-hydroxylation sites is 2. The van der Waals surface area contributed by atoms with Crippen LogP contribution in [0.5, 0.6) is 0 Å². The van der Waals surface area contributed by atoms with E-state index in [0.717, 1.165) is 11.4 Å². The number of anilines is 2. The zero-order chi connectivity index (χ0) is 18.7. The summed E-state index contributed by atoms with van der Waals surface area (Å²) in [5, 5.41) is 4.32. The number of benzene rings is 2. The molecule has 0 aromatic heterocycles. The van der Waals surface area contributed by atoms with Crippen LogP contribution in [0.2, 0.25) is 0 Å². The first-order chi connectivity index (χ1) is 12.6. The summed E-state index contributed by atoms with van der Waals surface area (Å²) in [5.41, 5.74) is 10.6. The highest BCUT2D eigenvalue weighted by molar-refractivity contribution is 7.54. The van der Waals surface area contributed by atoms with Gasteiger partial charge in [-0.15, -0.1) is 0 Å². The molecule has 26 heavy (non-hydrogen) atoms. The number of rotatable bonds is 10. The maximum absolute atomic E-state index is 12.8. The molecule has 2 rings (SSSR count). The SMILES string of the molecule is CCOP(=O)(CC(=NNc1ccccc1)NNc1ccccc1)OCC. The first-order valence-corrected chi connectivity index (χ1v) is 10.2. The van der Waals surface area contributed by atoms with Crippen molar-refractivity contribution in [3.05, 3.63) is 60.7 Å². The first kappa shape index (κ1) is 20.0. The van der Waals surface area contributed by atoms with Crippen molar-refractivity contribution in [3.63, 3.8) is 0 Å². The average molecular weight is 376 g/mol. The van der Waals surface area contributed by atoms with E-state index < -0.39 is 7.60 Å². The molecule has 0 spiro atoms. The second-order valence-corrected chi connectivity index (χ2v) is 7.31. The molecule has 0 aliphatic heterocycles. The Kier molecular flexibility index (Phi) is 8.15. The van der Waals surface area contributed by atoms with Crippen molar-refractivity contribution < 1.29 is 13.6 Å². The normalized spacial score (nSPS) is 11.8. The number of nitrogens with zero attached hydrogens (tertiary/aromatic N) is 1. The molecule has 0 bridgehead atoms. The van der Waals surface area contributed by atoms with Crippen LogP contribution < -0.4 is 16.3 Å². The molecule has 0 fully saturated rings. The Morgan fingerprint density at radius 1 is 0.923 bits per heavy atom. The lowest BCUT2D eigenvalue weighted by Gasteiger charge is -2.19. The Balaban J connectivity index is 2.12. The molecule has 0 saturated heterocycles. The first-order valence-electron chi connectivity index (χ1n) is 8.48. The van der Waals surface area contributed by atoms with Crippen LogP contribution in [-0.4, -0.2) is 25.2 Å². The molecule has 8 heteroatoms. The van der Waals surface area contributed by atoms with Crippen LogP contribution in [-0.2, 0) is 13.6 Å². The maximum Gasteiger partial charge on any atom is 0.338 e. The minimum absolute atomic E-state index is 0.00828. The van der Waals surface area contributed by atoms with Crippen molar-refractivity contribution in [1.82, 2.24) is 5.43 Å². The minimum Gasteiger partial charge on any atom is -0.309 e. The third-order valence-corrected chi connectivity index (χ3v) is 5.20. The Morgan fingerprint density at radius 3 is 2.00 bits per heavy atom. The fourth-order valence-corrected chi connectivity index (χ4v) is 3.68. The number of hydrazone groups is 1. The van der Waals surface area contributed by atoms with Crippen LogP contribution in [0.25, 0.3) is 0 Å². The van der Waals surface area contributed by atoms with Crippen LogP contribution >= 0.6 is 7.60 Å². The number of hydrogen-bond donors (Lipinski definition) is 3. The summed E-state index contributed by atoms with van der Waals surface area (Å²) in [7, 11) is -3.29. The smallest absolute Gasteiger partial charge is 0.309 e. The van der Waals surface area contributed by atoms with Crippen LogP contribution in [0.15, 0.2) is 65.8 Å². The van der Waals surface area contributed by atoms with Crippen molar-refractivity contribution >= 4 is 24.8 Å². The molecule has 140 valence electrons. The Morgan fingerprint density at radius 2 is 1.46 bits per heavy atom. The van der Waals surface area contributed by atoms with Gasteiger partial charge in [0.2, 0.25) is 0 Å². The highest BCUT2D eigenvalue weighted by Gasteiger charge is 2.26. The Bertz CT molecular complexity index is 716. The lowest BCUT2D eigenvalue weighted by molar-refractivity contribution is 0.223. The molecule has 2 aromatic rings. The number of nitrogens with one attached hydrogen (secondary N) is 3. The van der Waals surface area contributed by atoms with Gasteiger partial charge in [-0.25, -0.2) is 0 Å². The van der Waals surface area contributed by atoms with Gasteiger partial charge in [0.25, 0.3) is 0 Å². The predicted molar refractivity (Wildman–Crippen MR) is 106 cm³/mol. The molecule has 0 aliphatic rings. The highest BCUT2D eigenvalue weighted by Crippen LogP contribution is 2.47. The molecular formula is C18H25N4O3P. The second-order valence-electron chi connectivity index (χ2n) is 5.26. The molecule has 0 amide bonds. The van der Waals surface area contributed by atoms with Crippen molar-refractivity contribution in [3.8, 4) is 0 Å². The molecule has 0 heterocycles. The third-order valence-electron chi connectivity index (χ3n) is 3.21. The lowest BCUT2D eigenvalue weighted by Crippen LogP contribution is -2.33. The van der Waals surface area contributed by atoms with Gasteiger partial charge >= 0.3 is 7.60 Å². The van der Waals surface area contributed by atoms with Gasteiger partial charge in [0, 0.05) is 0 Å². The van der Waals surface area contributed by atoms with Gasteiger partial charge in [-0.2, -0.15) is 5.10 Å². The molecule has 2 aromatic carbocycles. The van der Waals surface area contributed by atoms with E-state index in [-0.39, 0.29) is 6.16 Å². The summed E-state index contributed by atoms with van der Waals surface area (Å²) < 4.78 is 23.5. The lowest BCUT2D eigenvalue weighted by atomic mass is 10.3. The topological polar surface area (TPSA) is 84.0 Å². The van der Waals surface area contributed by atoms with Crippen LogP contribution in [0.4, 0.5) is 11.4 Å². The zero-order valence-corrected chi connectivity index (χ0v) is 15.9. The van der Waals surface area contributed by atoms with Gasteiger partial charge in [-0.1, -0.05) is 36.4 Å². The summed E-state index contributed by atoms with van der Waals surface area (Å²) in [6.45, 7) is 4.15. The molecule has 3 N–H and O–H groups in total. The molecule has 0 radical (unpaired) electrons. The number of hydrogen-bond acceptors (Lipinski definition) is 6. The van der Waals surface area contributed by atoms with Crippen molar-refractivity contribution in [2.75, 3.05) is 30.2 Å². The number of amidine groups is 1. The fraction of sp³-hybridized carbons (Fsp3) is 0.278. The van der Waals surface area contributed by atoms with Gasteiger partial charge in [-0.3, -0.25) is 20.8 Å². The van der Waals surface area contributed by atoms with Gasteiger partial charge in [-0.05, 0) is 38.1 Å². The molecule has 7 nitrogen and oxygen atoms in total. The van der Waals surface area contributed by atoms with Crippen molar-refractivity contribution in [1.29, 1.82) is 0 Å². The number of hydrazine groups is 1. The molecule has 0 atom stereocenters. The van der Waals surface area contributed by atoms with Gasteiger partial charge in [0.1, 0.15) is 6.16 Å². The van der Waals surface area contributed by atoms with E-state index in [9.17, 15) is 4.57 Å². The van der Waals surface area contributed by atoms with Crippen molar-refractivity contribution in [2.45, 2.75) is 13.8 Å². The highest BCUT2D eigenvalue weighted by atomic mass is 31.2. The van der Waals surface area contributed by atoms with Gasteiger partial charge in [0.15, 0.2) is 5.84 Å². The fourth-order valence-electron chi connectivity index (χ4n) is 2.12. The standard InChI is InChI=1S/C18H25N4O3P/c1-3-24-26(23,25-4-2)15-18(21-19-16-11-7-5-8-12-16)22-20-17-13-9-6-10-14-17/h5-14,19-20H,3-4,15H2,1-2H3,(H,21,22). The van der Waals surface area contributed by atoms with E-state index >= 15 is 0 Å². The summed E-state index contributed by atoms with van der Waals surface area (Å²) in [5.74, 6) is 0.405. The molecule has 0 unspecified atom stereocenters. The Hall–Kier alpha value is -2.34. The molecular weight excluding hydrogens is 351 g/mol. The van der Waals surface area contributed by atoms with E-state index in [1.807, 2.05) is 60.7 Å². The molecule has 0 aliphatic carbocycles. The van der Waals surface area contributed by atoms with E-state index in [0.29, 0.717) is 19.0 Å². The van der Waals surface area contributed by atoms with E-state index in [2.05, 4.69) is 21.4 Å². The second kappa shape index (κ2) is 10.6. The van der Waals surface area contributed by atoms with E-state index in [1.54, 1.807) is 13.8 Å².